The maximum atomic E-state index is 10.5. The summed E-state index contributed by atoms with van der Waals surface area (Å²) in [5, 5.41) is 8.66. The number of ether oxygens (including phenoxy) is 3. The third kappa shape index (κ3) is 7.76. The zero-order chi connectivity index (χ0) is 14.6. The Balaban J connectivity index is 2.08. The van der Waals surface area contributed by atoms with Gasteiger partial charge in [-0.25, -0.2) is 0 Å². The molecule has 0 aliphatic rings. The Hall–Kier alpha value is -1.59. The van der Waals surface area contributed by atoms with Crippen molar-refractivity contribution in [2.75, 3.05) is 33.0 Å². The van der Waals surface area contributed by atoms with E-state index in [0.29, 0.717) is 32.2 Å². The summed E-state index contributed by atoms with van der Waals surface area (Å²) in [6.07, 6.45) is 1.04. The van der Waals surface area contributed by atoms with E-state index in [9.17, 15) is 4.79 Å². The van der Waals surface area contributed by atoms with Crippen LogP contribution in [0.1, 0.15) is 18.9 Å². The molecule has 0 fully saturated rings. The third-order valence-corrected chi connectivity index (χ3v) is 2.50. The van der Waals surface area contributed by atoms with Crippen molar-refractivity contribution in [1.29, 1.82) is 0 Å². The standard InChI is InChI=1S/C15H22O5/c1-2-7-18-8-9-19-10-11-20-14-5-3-13(4-6-14)12-15(16)17/h3-6H,2,7-12H2,1H3,(H,16,17). The van der Waals surface area contributed by atoms with Gasteiger partial charge in [0.25, 0.3) is 0 Å². The number of carboxylic acids is 1. The second-order valence-corrected chi connectivity index (χ2v) is 4.29. The van der Waals surface area contributed by atoms with Gasteiger partial charge in [0, 0.05) is 6.61 Å². The minimum absolute atomic E-state index is 0.0289. The first-order chi connectivity index (χ1) is 9.72. The second kappa shape index (κ2) is 10.2. The number of hydrogen-bond acceptors (Lipinski definition) is 4. The van der Waals surface area contributed by atoms with E-state index in [1.54, 1.807) is 24.3 Å². The van der Waals surface area contributed by atoms with E-state index in [4.69, 9.17) is 19.3 Å². The Morgan fingerprint density at radius 2 is 1.60 bits per heavy atom. The highest BCUT2D eigenvalue weighted by Gasteiger charge is 2.00. The lowest BCUT2D eigenvalue weighted by molar-refractivity contribution is -0.136. The molecule has 0 radical (unpaired) electrons. The van der Waals surface area contributed by atoms with Crippen LogP contribution in [0.5, 0.6) is 5.75 Å². The first kappa shape index (κ1) is 16.5. The van der Waals surface area contributed by atoms with Crippen LogP contribution < -0.4 is 4.74 Å². The summed E-state index contributed by atoms with van der Waals surface area (Å²) in [4.78, 5) is 10.5. The minimum Gasteiger partial charge on any atom is -0.491 e. The van der Waals surface area contributed by atoms with Gasteiger partial charge >= 0.3 is 5.97 Å². The third-order valence-electron chi connectivity index (χ3n) is 2.50. The number of aliphatic carboxylic acids is 1. The van der Waals surface area contributed by atoms with Gasteiger partial charge in [0.05, 0.1) is 26.2 Å². The van der Waals surface area contributed by atoms with Crippen LogP contribution in [0.2, 0.25) is 0 Å². The summed E-state index contributed by atoms with van der Waals surface area (Å²) in [7, 11) is 0. The van der Waals surface area contributed by atoms with Crippen LogP contribution in [-0.4, -0.2) is 44.1 Å². The Morgan fingerprint density at radius 3 is 2.20 bits per heavy atom. The van der Waals surface area contributed by atoms with Gasteiger partial charge in [-0.15, -0.1) is 0 Å². The fourth-order valence-electron chi connectivity index (χ4n) is 1.56. The molecule has 0 saturated carbocycles. The monoisotopic (exact) mass is 282 g/mol. The highest BCUT2D eigenvalue weighted by molar-refractivity contribution is 5.70. The topological polar surface area (TPSA) is 65.0 Å². The van der Waals surface area contributed by atoms with E-state index in [0.717, 1.165) is 18.6 Å². The molecule has 0 bridgehead atoms. The van der Waals surface area contributed by atoms with Crippen LogP contribution in [0.3, 0.4) is 0 Å². The van der Waals surface area contributed by atoms with Crippen LogP contribution in [0, 0.1) is 0 Å². The summed E-state index contributed by atoms with van der Waals surface area (Å²) in [6, 6.07) is 7.04. The molecule has 0 aromatic heterocycles. The van der Waals surface area contributed by atoms with Gasteiger partial charge < -0.3 is 19.3 Å². The summed E-state index contributed by atoms with van der Waals surface area (Å²) in [6.45, 7) is 4.98. The SMILES string of the molecule is CCCOCCOCCOc1ccc(CC(=O)O)cc1. The molecule has 1 N–H and O–H groups in total. The second-order valence-electron chi connectivity index (χ2n) is 4.29. The minimum atomic E-state index is -0.836. The Kier molecular flexibility index (Phi) is 8.42. The number of carboxylic acid groups (broad SMARTS) is 1. The molecule has 20 heavy (non-hydrogen) atoms. The first-order valence-corrected chi connectivity index (χ1v) is 6.81. The molecule has 0 aliphatic carbocycles. The van der Waals surface area contributed by atoms with Gasteiger partial charge in [-0.1, -0.05) is 19.1 Å². The Labute approximate surface area is 119 Å². The van der Waals surface area contributed by atoms with Gasteiger partial charge in [0.1, 0.15) is 12.4 Å². The van der Waals surface area contributed by atoms with E-state index in [1.807, 2.05) is 0 Å². The lowest BCUT2D eigenvalue weighted by atomic mass is 10.1. The molecular formula is C15H22O5. The predicted octanol–water partition coefficient (Wildman–Crippen LogP) is 2.14. The number of carbonyl (C=O) groups is 1. The largest absolute Gasteiger partial charge is 0.491 e. The number of benzene rings is 1. The first-order valence-electron chi connectivity index (χ1n) is 6.81. The highest BCUT2D eigenvalue weighted by atomic mass is 16.5. The van der Waals surface area contributed by atoms with E-state index in [1.165, 1.54) is 0 Å². The van der Waals surface area contributed by atoms with Crippen molar-refractivity contribution in [3.8, 4) is 5.75 Å². The molecule has 112 valence electrons. The Bertz CT molecular complexity index is 374. The van der Waals surface area contributed by atoms with E-state index in [-0.39, 0.29) is 6.42 Å². The molecule has 0 atom stereocenters. The molecule has 0 amide bonds. The molecular weight excluding hydrogens is 260 g/mol. The van der Waals surface area contributed by atoms with Crippen LogP contribution >= 0.6 is 0 Å². The Morgan fingerprint density at radius 1 is 1.00 bits per heavy atom. The maximum absolute atomic E-state index is 10.5. The average molecular weight is 282 g/mol. The summed E-state index contributed by atoms with van der Waals surface area (Å²) >= 11 is 0. The number of rotatable bonds is 11. The lowest BCUT2D eigenvalue weighted by Crippen LogP contribution is -2.11. The van der Waals surface area contributed by atoms with Crippen molar-refractivity contribution < 1.29 is 24.1 Å². The van der Waals surface area contributed by atoms with Gasteiger partial charge in [-0.2, -0.15) is 0 Å². The lowest BCUT2D eigenvalue weighted by Gasteiger charge is -2.08. The average Bonchev–Trinajstić information content (AvgIpc) is 2.43. The fourth-order valence-corrected chi connectivity index (χ4v) is 1.56. The molecule has 0 unspecified atom stereocenters. The molecule has 1 rings (SSSR count). The van der Waals surface area contributed by atoms with Gasteiger partial charge in [0.2, 0.25) is 0 Å². The molecule has 0 saturated heterocycles. The van der Waals surface area contributed by atoms with Gasteiger partial charge in [-0.05, 0) is 24.1 Å². The molecule has 0 heterocycles. The molecule has 5 nitrogen and oxygen atoms in total. The summed E-state index contributed by atoms with van der Waals surface area (Å²) < 4.78 is 16.1. The summed E-state index contributed by atoms with van der Waals surface area (Å²) in [5.74, 6) is -0.123. The van der Waals surface area contributed by atoms with Crippen LogP contribution in [-0.2, 0) is 20.7 Å². The van der Waals surface area contributed by atoms with Crippen LogP contribution in [0.4, 0.5) is 0 Å². The van der Waals surface area contributed by atoms with Crippen molar-refractivity contribution in [3.63, 3.8) is 0 Å². The molecule has 1 aromatic rings. The van der Waals surface area contributed by atoms with Crippen molar-refractivity contribution in [1.82, 2.24) is 0 Å². The van der Waals surface area contributed by atoms with Gasteiger partial charge in [-0.3, -0.25) is 4.79 Å². The summed E-state index contributed by atoms with van der Waals surface area (Å²) in [5.41, 5.74) is 0.758. The number of hydrogen-bond donors (Lipinski definition) is 1. The van der Waals surface area contributed by atoms with Crippen molar-refractivity contribution in [2.45, 2.75) is 19.8 Å². The van der Waals surface area contributed by atoms with Crippen molar-refractivity contribution in [2.24, 2.45) is 0 Å². The predicted molar refractivity (Wildman–Crippen MR) is 75.2 cm³/mol. The quantitative estimate of drug-likeness (QED) is 0.630. The van der Waals surface area contributed by atoms with Crippen LogP contribution in [0.15, 0.2) is 24.3 Å². The molecule has 1 aromatic carbocycles. The van der Waals surface area contributed by atoms with Crippen molar-refractivity contribution in [3.05, 3.63) is 29.8 Å². The molecule has 5 heteroatoms. The zero-order valence-electron chi connectivity index (χ0n) is 11.8. The van der Waals surface area contributed by atoms with Crippen LogP contribution in [0.25, 0.3) is 0 Å². The van der Waals surface area contributed by atoms with E-state index >= 15 is 0 Å². The van der Waals surface area contributed by atoms with E-state index < -0.39 is 5.97 Å². The molecule has 0 spiro atoms. The smallest absolute Gasteiger partial charge is 0.307 e. The van der Waals surface area contributed by atoms with E-state index in [2.05, 4.69) is 6.92 Å². The fraction of sp³-hybridized carbons (Fsp3) is 0.533. The maximum Gasteiger partial charge on any atom is 0.307 e. The zero-order valence-corrected chi connectivity index (χ0v) is 11.8. The van der Waals surface area contributed by atoms with Crippen molar-refractivity contribution >= 4 is 5.97 Å². The highest BCUT2D eigenvalue weighted by Crippen LogP contribution is 2.12. The normalized spacial score (nSPS) is 10.4. The molecule has 0 aliphatic heterocycles. The van der Waals surface area contributed by atoms with Gasteiger partial charge in [0.15, 0.2) is 0 Å².